The molecule has 1 heterocycles. The summed E-state index contributed by atoms with van der Waals surface area (Å²) in [4.78, 5) is 11.7. The van der Waals surface area contributed by atoms with Crippen LogP contribution in [-0.2, 0) is 6.54 Å². The van der Waals surface area contributed by atoms with Gasteiger partial charge in [0.1, 0.15) is 11.6 Å². The summed E-state index contributed by atoms with van der Waals surface area (Å²) in [5.74, 6) is -1.08. The van der Waals surface area contributed by atoms with Gasteiger partial charge in [0.25, 0.3) is 0 Å². The number of Topliss-reactive ketones (excluding diaryl/α,β-unsaturated/α-hetero) is 1. The van der Waals surface area contributed by atoms with Crippen LogP contribution < -0.4 is 0 Å². The lowest BCUT2D eigenvalue weighted by Gasteiger charge is -2.04. The van der Waals surface area contributed by atoms with Crippen LogP contribution >= 0.6 is 0 Å². The van der Waals surface area contributed by atoms with E-state index in [0.29, 0.717) is 17.5 Å². The first-order chi connectivity index (χ1) is 9.10. The van der Waals surface area contributed by atoms with Crippen molar-refractivity contribution in [2.75, 3.05) is 0 Å². The first kappa shape index (κ1) is 13.5. The van der Waals surface area contributed by atoms with Crippen molar-refractivity contribution in [3.05, 3.63) is 59.4 Å². The zero-order chi connectivity index (χ0) is 13.8. The number of hydrogen-bond acceptors (Lipinski definition) is 1. The van der Waals surface area contributed by atoms with E-state index in [9.17, 15) is 13.6 Å². The molecule has 0 atom stereocenters. The third-order valence-electron chi connectivity index (χ3n) is 2.92. The Bertz CT molecular complexity index is 590. The molecule has 1 aromatic carbocycles. The van der Waals surface area contributed by atoms with Crippen LogP contribution in [0.25, 0.3) is 0 Å². The van der Waals surface area contributed by atoms with E-state index in [1.807, 2.05) is 6.92 Å². The maximum atomic E-state index is 13.5. The van der Waals surface area contributed by atoms with Gasteiger partial charge in [0.15, 0.2) is 5.78 Å². The highest BCUT2D eigenvalue weighted by Gasteiger charge is 2.08. The number of nitrogens with zero attached hydrogens (tertiary/aromatic N) is 1. The number of halogens is 2. The molecule has 0 radical (unpaired) electrons. The molecule has 100 valence electrons. The fourth-order valence-corrected chi connectivity index (χ4v) is 1.92. The van der Waals surface area contributed by atoms with E-state index in [-0.39, 0.29) is 12.3 Å². The van der Waals surface area contributed by atoms with E-state index in [1.165, 1.54) is 12.1 Å². The number of hydrogen-bond donors (Lipinski definition) is 0. The van der Waals surface area contributed by atoms with Gasteiger partial charge in [-0.3, -0.25) is 4.79 Å². The summed E-state index contributed by atoms with van der Waals surface area (Å²) in [6.07, 6.45) is 4.73. The molecular formula is C15H15F2NO. The highest BCUT2D eigenvalue weighted by atomic mass is 19.1. The van der Waals surface area contributed by atoms with E-state index in [0.717, 1.165) is 12.5 Å². The first-order valence-corrected chi connectivity index (χ1v) is 6.23. The van der Waals surface area contributed by atoms with E-state index < -0.39 is 11.6 Å². The zero-order valence-corrected chi connectivity index (χ0v) is 10.7. The van der Waals surface area contributed by atoms with Crippen molar-refractivity contribution in [2.24, 2.45) is 0 Å². The first-order valence-electron chi connectivity index (χ1n) is 6.23. The number of aromatic nitrogens is 1. The van der Waals surface area contributed by atoms with E-state index in [1.54, 1.807) is 23.0 Å². The molecule has 2 rings (SSSR count). The van der Waals surface area contributed by atoms with Gasteiger partial charge in [0.2, 0.25) is 0 Å². The average Bonchev–Trinajstić information content (AvgIpc) is 2.82. The summed E-state index contributed by atoms with van der Waals surface area (Å²) in [6.45, 7) is 2.23. The summed E-state index contributed by atoms with van der Waals surface area (Å²) < 4.78 is 28.0. The zero-order valence-electron chi connectivity index (χ0n) is 10.7. The Hall–Kier alpha value is -1.97. The van der Waals surface area contributed by atoms with Gasteiger partial charge < -0.3 is 4.57 Å². The molecule has 0 aliphatic carbocycles. The smallest absolute Gasteiger partial charge is 0.164 e. The topological polar surface area (TPSA) is 22.0 Å². The monoisotopic (exact) mass is 263 g/mol. The van der Waals surface area contributed by atoms with Gasteiger partial charge in [0.05, 0.1) is 0 Å². The molecule has 0 N–H and O–H groups in total. The lowest BCUT2D eigenvalue weighted by molar-refractivity contribution is 0.0981. The van der Waals surface area contributed by atoms with Gasteiger partial charge in [-0.2, -0.15) is 0 Å². The van der Waals surface area contributed by atoms with Gasteiger partial charge >= 0.3 is 0 Å². The van der Waals surface area contributed by atoms with Crippen LogP contribution in [0.1, 0.15) is 35.7 Å². The lowest BCUT2D eigenvalue weighted by atomic mass is 10.1. The maximum absolute atomic E-state index is 13.5. The Labute approximate surface area is 110 Å². The molecule has 0 spiro atoms. The third-order valence-corrected chi connectivity index (χ3v) is 2.92. The van der Waals surface area contributed by atoms with Crippen molar-refractivity contribution >= 4 is 5.78 Å². The minimum absolute atomic E-state index is 0.0841. The van der Waals surface area contributed by atoms with Crippen molar-refractivity contribution in [3.8, 4) is 0 Å². The Morgan fingerprint density at radius 3 is 2.74 bits per heavy atom. The van der Waals surface area contributed by atoms with Gasteiger partial charge in [-0.25, -0.2) is 8.78 Å². The Morgan fingerprint density at radius 2 is 2.05 bits per heavy atom. The fourth-order valence-electron chi connectivity index (χ4n) is 1.92. The van der Waals surface area contributed by atoms with Gasteiger partial charge in [0, 0.05) is 42.6 Å². The molecule has 19 heavy (non-hydrogen) atoms. The summed E-state index contributed by atoms with van der Waals surface area (Å²) >= 11 is 0. The van der Waals surface area contributed by atoms with Crippen molar-refractivity contribution in [1.29, 1.82) is 0 Å². The molecule has 2 aromatic rings. The molecule has 0 saturated heterocycles. The number of benzene rings is 1. The number of carbonyl (C=O) groups excluding carboxylic acids is 1. The molecule has 1 aromatic heterocycles. The molecule has 0 fully saturated rings. The lowest BCUT2D eigenvalue weighted by Crippen LogP contribution is -2.01. The van der Waals surface area contributed by atoms with Crippen LogP contribution in [0.2, 0.25) is 0 Å². The number of carbonyl (C=O) groups is 1. The second-order valence-corrected chi connectivity index (χ2v) is 4.48. The van der Waals surface area contributed by atoms with Gasteiger partial charge in [-0.15, -0.1) is 0 Å². The second kappa shape index (κ2) is 5.78. The molecule has 0 saturated carbocycles. The quantitative estimate of drug-likeness (QED) is 0.752. The van der Waals surface area contributed by atoms with Gasteiger partial charge in [-0.05, 0) is 18.6 Å². The minimum atomic E-state index is -0.590. The fraction of sp³-hybridized carbons (Fsp3) is 0.267. The Kier molecular flexibility index (Phi) is 4.10. The molecule has 0 unspecified atom stereocenters. The molecule has 0 aliphatic heterocycles. The van der Waals surface area contributed by atoms with Crippen LogP contribution in [0, 0.1) is 11.6 Å². The van der Waals surface area contributed by atoms with E-state index >= 15 is 0 Å². The van der Waals surface area contributed by atoms with Crippen LogP contribution in [0.3, 0.4) is 0 Å². The molecule has 0 bridgehead atoms. The maximum Gasteiger partial charge on any atom is 0.164 e. The highest BCUT2D eigenvalue weighted by molar-refractivity contribution is 5.95. The average molecular weight is 263 g/mol. The minimum Gasteiger partial charge on any atom is -0.349 e. The summed E-state index contributed by atoms with van der Waals surface area (Å²) in [7, 11) is 0. The predicted molar refractivity (Wildman–Crippen MR) is 69.1 cm³/mol. The van der Waals surface area contributed by atoms with Crippen molar-refractivity contribution in [1.82, 2.24) is 4.57 Å². The number of rotatable bonds is 5. The van der Waals surface area contributed by atoms with Crippen LogP contribution in [0.4, 0.5) is 8.78 Å². The van der Waals surface area contributed by atoms with Crippen LogP contribution in [-0.4, -0.2) is 10.4 Å². The van der Waals surface area contributed by atoms with Crippen LogP contribution in [0.5, 0.6) is 0 Å². The summed E-state index contributed by atoms with van der Waals surface area (Å²) in [6, 6.07) is 5.23. The molecular weight excluding hydrogens is 248 g/mol. The van der Waals surface area contributed by atoms with Crippen LogP contribution in [0.15, 0.2) is 36.7 Å². The Morgan fingerprint density at radius 1 is 1.26 bits per heavy atom. The Balaban J connectivity index is 2.13. The molecule has 0 amide bonds. The van der Waals surface area contributed by atoms with E-state index in [4.69, 9.17) is 0 Å². The largest absolute Gasteiger partial charge is 0.349 e. The van der Waals surface area contributed by atoms with Crippen molar-refractivity contribution in [2.45, 2.75) is 26.3 Å². The predicted octanol–water partition coefficient (Wildman–Crippen LogP) is 3.80. The van der Waals surface area contributed by atoms with E-state index in [2.05, 4.69) is 0 Å². The molecule has 2 nitrogen and oxygen atoms in total. The summed E-state index contributed by atoms with van der Waals surface area (Å²) in [5, 5.41) is 0. The third kappa shape index (κ3) is 3.28. The summed E-state index contributed by atoms with van der Waals surface area (Å²) in [5.41, 5.74) is 1.02. The second-order valence-electron chi connectivity index (χ2n) is 4.48. The van der Waals surface area contributed by atoms with Crippen molar-refractivity contribution in [3.63, 3.8) is 0 Å². The normalized spacial score (nSPS) is 10.7. The SMILES string of the molecule is CCCC(=O)c1ccn(Cc2ccc(F)cc2F)c1. The molecule has 4 heteroatoms. The highest BCUT2D eigenvalue weighted by Crippen LogP contribution is 2.13. The molecule has 0 aliphatic rings. The standard InChI is InChI=1S/C15H15F2NO/c1-2-3-15(19)12-6-7-18(10-12)9-11-4-5-13(16)8-14(11)17/h4-8,10H,2-3,9H2,1H3. The van der Waals surface area contributed by atoms with Gasteiger partial charge in [-0.1, -0.05) is 13.0 Å². The van der Waals surface area contributed by atoms with Crippen molar-refractivity contribution < 1.29 is 13.6 Å². The number of ketones is 1.